The first-order valence-electron chi connectivity index (χ1n) is 5.55. The lowest BCUT2D eigenvalue weighted by Gasteiger charge is -2.35. The van der Waals surface area contributed by atoms with E-state index in [1.54, 1.807) is 0 Å². The molecule has 1 saturated heterocycles. The van der Waals surface area contributed by atoms with Gasteiger partial charge in [0.1, 0.15) is 0 Å². The van der Waals surface area contributed by atoms with E-state index in [2.05, 4.69) is 20.8 Å². The van der Waals surface area contributed by atoms with Crippen LogP contribution in [0, 0.1) is 0 Å². The van der Waals surface area contributed by atoms with Gasteiger partial charge in [-0.3, -0.25) is 4.79 Å². The van der Waals surface area contributed by atoms with Gasteiger partial charge in [-0.2, -0.15) is 0 Å². The van der Waals surface area contributed by atoms with E-state index in [9.17, 15) is 4.79 Å². The molecule has 1 amide bonds. The quantitative estimate of drug-likeness (QED) is 0.782. The lowest BCUT2D eigenvalue weighted by molar-refractivity contribution is -0.128. The van der Waals surface area contributed by atoms with Gasteiger partial charge < -0.3 is 9.80 Å². The molecule has 0 atom stereocenters. The zero-order valence-electron chi connectivity index (χ0n) is 9.40. The van der Waals surface area contributed by atoms with Crippen LogP contribution in [0.1, 0.15) is 0 Å². The molecule has 1 aromatic rings. The first-order chi connectivity index (χ1) is 8.20. The van der Waals surface area contributed by atoms with Crippen LogP contribution in [-0.2, 0) is 4.79 Å². The Morgan fingerprint density at radius 1 is 1.18 bits per heavy atom. The number of anilines is 1. The maximum Gasteiger partial charge on any atom is 0.233 e. The molecule has 0 aromatic heterocycles. The maximum atomic E-state index is 11.5. The van der Waals surface area contributed by atoms with E-state index in [4.69, 9.17) is 11.6 Å². The Hall–Kier alpha value is -0.740. The van der Waals surface area contributed by atoms with Crippen molar-refractivity contribution in [2.24, 2.45) is 0 Å². The highest BCUT2D eigenvalue weighted by Crippen LogP contribution is 2.19. The fraction of sp³-hybridized carbons (Fsp3) is 0.417. The summed E-state index contributed by atoms with van der Waals surface area (Å²) >= 11 is 9.06. The van der Waals surface area contributed by atoms with Crippen molar-refractivity contribution in [3.05, 3.63) is 29.3 Å². The molecule has 3 nitrogen and oxygen atoms in total. The SMILES string of the molecule is O=C(CBr)N1CCN(c2ccc(Cl)cc2)CC1. The van der Waals surface area contributed by atoms with Gasteiger partial charge in [-0.1, -0.05) is 27.5 Å². The highest BCUT2D eigenvalue weighted by atomic mass is 79.9. The molecule has 0 aliphatic carbocycles. The van der Waals surface area contributed by atoms with E-state index in [0.717, 1.165) is 31.2 Å². The molecule has 0 spiro atoms. The monoisotopic (exact) mass is 316 g/mol. The minimum Gasteiger partial charge on any atom is -0.368 e. The van der Waals surface area contributed by atoms with Crippen molar-refractivity contribution in [2.75, 3.05) is 36.4 Å². The van der Waals surface area contributed by atoms with Crippen molar-refractivity contribution in [1.29, 1.82) is 0 Å². The highest BCUT2D eigenvalue weighted by molar-refractivity contribution is 9.09. The Labute approximate surface area is 114 Å². The number of hydrogen-bond donors (Lipinski definition) is 0. The summed E-state index contributed by atoms with van der Waals surface area (Å²) in [6, 6.07) is 7.83. The molecule has 1 heterocycles. The van der Waals surface area contributed by atoms with Gasteiger partial charge in [0, 0.05) is 36.9 Å². The van der Waals surface area contributed by atoms with Crippen LogP contribution >= 0.6 is 27.5 Å². The molecule has 0 saturated carbocycles. The molecule has 1 aliphatic heterocycles. The van der Waals surface area contributed by atoms with Crippen LogP contribution in [-0.4, -0.2) is 42.3 Å². The number of alkyl halides is 1. The molecule has 17 heavy (non-hydrogen) atoms. The minimum atomic E-state index is 0.167. The van der Waals surface area contributed by atoms with Gasteiger partial charge in [-0.15, -0.1) is 0 Å². The number of benzene rings is 1. The Morgan fingerprint density at radius 3 is 2.29 bits per heavy atom. The molecule has 1 fully saturated rings. The normalized spacial score (nSPS) is 16.1. The summed E-state index contributed by atoms with van der Waals surface area (Å²) in [5.74, 6) is 0.167. The number of halogens is 2. The number of carbonyl (C=O) groups is 1. The number of nitrogens with zero attached hydrogens (tertiary/aromatic N) is 2. The summed E-state index contributed by atoms with van der Waals surface area (Å²) in [6.07, 6.45) is 0. The summed E-state index contributed by atoms with van der Waals surface area (Å²) in [5, 5.41) is 1.16. The standard InChI is InChI=1S/C12H14BrClN2O/c13-9-12(17)16-7-5-15(6-8-16)11-3-1-10(14)2-4-11/h1-4H,5-9H2. The van der Waals surface area contributed by atoms with E-state index in [1.807, 2.05) is 29.2 Å². The molecular weight excluding hydrogens is 304 g/mol. The third-order valence-corrected chi connectivity index (χ3v) is 3.67. The summed E-state index contributed by atoms with van der Waals surface area (Å²) in [5.41, 5.74) is 1.17. The number of amides is 1. The summed E-state index contributed by atoms with van der Waals surface area (Å²) in [6.45, 7) is 3.32. The van der Waals surface area contributed by atoms with Crippen molar-refractivity contribution in [3.63, 3.8) is 0 Å². The van der Waals surface area contributed by atoms with E-state index >= 15 is 0 Å². The van der Waals surface area contributed by atoms with Crippen LogP contribution in [0.4, 0.5) is 5.69 Å². The summed E-state index contributed by atoms with van der Waals surface area (Å²) < 4.78 is 0. The van der Waals surface area contributed by atoms with Crippen LogP contribution in [0.5, 0.6) is 0 Å². The molecule has 92 valence electrons. The van der Waals surface area contributed by atoms with Crippen molar-refractivity contribution in [1.82, 2.24) is 4.90 Å². The largest absolute Gasteiger partial charge is 0.368 e. The van der Waals surface area contributed by atoms with Gasteiger partial charge in [0.2, 0.25) is 5.91 Å². The molecule has 0 unspecified atom stereocenters. The number of hydrogen-bond acceptors (Lipinski definition) is 2. The Kier molecular flexibility index (Phi) is 4.29. The second-order valence-electron chi connectivity index (χ2n) is 3.98. The summed E-state index contributed by atoms with van der Waals surface area (Å²) in [7, 11) is 0. The van der Waals surface area contributed by atoms with Crippen molar-refractivity contribution < 1.29 is 4.79 Å². The number of carbonyl (C=O) groups excluding carboxylic acids is 1. The third-order valence-electron chi connectivity index (χ3n) is 2.94. The lowest BCUT2D eigenvalue weighted by atomic mass is 10.2. The van der Waals surface area contributed by atoms with Crippen molar-refractivity contribution in [2.45, 2.75) is 0 Å². The third kappa shape index (κ3) is 3.13. The molecule has 1 aliphatic rings. The molecular formula is C12H14BrClN2O. The van der Waals surface area contributed by atoms with Crippen molar-refractivity contribution >= 4 is 39.1 Å². The van der Waals surface area contributed by atoms with Crippen LogP contribution in [0.25, 0.3) is 0 Å². The Bertz CT molecular complexity index is 388. The number of rotatable bonds is 2. The summed E-state index contributed by atoms with van der Waals surface area (Å²) in [4.78, 5) is 15.7. The van der Waals surface area contributed by atoms with Gasteiger partial charge in [-0.25, -0.2) is 0 Å². The van der Waals surface area contributed by atoms with Crippen LogP contribution in [0.3, 0.4) is 0 Å². The Balaban J connectivity index is 1.95. The zero-order valence-corrected chi connectivity index (χ0v) is 11.7. The zero-order chi connectivity index (χ0) is 12.3. The van der Waals surface area contributed by atoms with E-state index in [-0.39, 0.29) is 5.91 Å². The highest BCUT2D eigenvalue weighted by Gasteiger charge is 2.20. The minimum absolute atomic E-state index is 0.167. The van der Waals surface area contributed by atoms with Crippen LogP contribution < -0.4 is 4.90 Å². The van der Waals surface area contributed by atoms with Gasteiger partial charge in [0.15, 0.2) is 0 Å². The second kappa shape index (κ2) is 5.74. The molecule has 0 bridgehead atoms. The van der Waals surface area contributed by atoms with Gasteiger partial charge >= 0.3 is 0 Å². The molecule has 0 N–H and O–H groups in total. The first kappa shape index (κ1) is 12.7. The van der Waals surface area contributed by atoms with Crippen LogP contribution in [0.2, 0.25) is 5.02 Å². The van der Waals surface area contributed by atoms with E-state index in [1.165, 1.54) is 5.69 Å². The van der Waals surface area contributed by atoms with Gasteiger partial charge in [0.25, 0.3) is 0 Å². The smallest absolute Gasteiger partial charge is 0.233 e. The molecule has 5 heteroatoms. The topological polar surface area (TPSA) is 23.6 Å². The first-order valence-corrected chi connectivity index (χ1v) is 7.05. The predicted molar refractivity (Wildman–Crippen MR) is 74.0 cm³/mol. The second-order valence-corrected chi connectivity index (χ2v) is 4.98. The van der Waals surface area contributed by atoms with Crippen molar-refractivity contribution in [3.8, 4) is 0 Å². The van der Waals surface area contributed by atoms with Gasteiger partial charge in [-0.05, 0) is 24.3 Å². The van der Waals surface area contributed by atoms with E-state index in [0.29, 0.717) is 5.33 Å². The average molecular weight is 318 g/mol. The molecule has 1 aromatic carbocycles. The van der Waals surface area contributed by atoms with Crippen LogP contribution in [0.15, 0.2) is 24.3 Å². The average Bonchev–Trinajstić information content (AvgIpc) is 2.39. The predicted octanol–water partition coefficient (Wildman–Crippen LogP) is 2.38. The fourth-order valence-electron chi connectivity index (χ4n) is 1.95. The van der Waals surface area contributed by atoms with E-state index < -0.39 is 0 Å². The molecule has 0 radical (unpaired) electrons. The maximum absolute atomic E-state index is 11.5. The van der Waals surface area contributed by atoms with Gasteiger partial charge in [0.05, 0.1) is 5.33 Å². The molecule has 2 rings (SSSR count). The lowest BCUT2D eigenvalue weighted by Crippen LogP contribution is -2.49. The number of piperazine rings is 1. The fourth-order valence-corrected chi connectivity index (χ4v) is 2.43. The Morgan fingerprint density at radius 2 is 1.76 bits per heavy atom.